The first-order valence-corrected chi connectivity index (χ1v) is 9.63. The molecule has 0 bridgehead atoms. The maximum Gasteiger partial charge on any atom is 0.338 e. The van der Waals surface area contributed by atoms with E-state index in [9.17, 15) is 19.2 Å². The van der Waals surface area contributed by atoms with Crippen LogP contribution >= 0.6 is 0 Å². The van der Waals surface area contributed by atoms with Crippen LogP contribution in [0, 0.1) is 0 Å². The molecule has 1 aliphatic rings. The number of hydrogen-bond acceptors (Lipinski definition) is 5. The fourth-order valence-electron chi connectivity index (χ4n) is 3.50. The third kappa shape index (κ3) is 3.71. The number of benzene rings is 3. The van der Waals surface area contributed by atoms with Crippen molar-refractivity contribution in [3.8, 4) is 0 Å². The summed E-state index contributed by atoms with van der Waals surface area (Å²) in [6.45, 7) is 2.01. The number of carbonyl (C=O) groups is 4. The minimum atomic E-state index is -0.515. The molecule has 1 aliphatic heterocycles. The molecule has 8 nitrogen and oxygen atoms in total. The van der Waals surface area contributed by atoms with Crippen molar-refractivity contribution in [3.05, 3.63) is 71.3 Å². The second-order valence-corrected chi connectivity index (χ2v) is 6.97. The largest absolute Gasteiger partial charge is 0.462 e. The van der Waals surface area contributed by atoms with Gasteiger partial charge in [-0.05, 0) is 54.8 Å². The number of nitrogens with zero attached hydrogens (tertiary/aromatic N) is 1. The van der Waals surface area contributed by atoms with Crippen LogP contribution in [0.15, 0.2) is 54.6 Å². The maximum absolute atomic E-state index is 12.6. The number of rotatable bonds is 4. The van der Waals surface area contributed by atoms with Crippen LogP contribution in [-0.2, 0) is 4.74 Å². The minimum Gasteiger partial charge on any atom is -0.462 e. The molecule has 0 fully saturated rings. The summed E-state index contributed by atoms with van der Waals surface area (Å²) in [5.41, 5.74) is 2.08. The number of carbonyl (C=O) groups excluding carboxylic acids is 4. The second kappa shape index (κ2) is 7.91. The van der Waals surface area contributed by atoms with E-state index in [1.807, 2.05) is 0 Å². The molecule has 0 aliphatic carbocycles. The summed E-state index contributed by atoms with van der Waals surface area (Å²) in [4.78, 5) is 50.2. The van der Waals surface area contributed by atoms with Gasteiger partial charge in [0, 0.05) is 29.4 Å². The Morgan fingerprint density at radius 1 is 0.903 bits per heavy atom. The van der Waals surface area contributed by atoms with E-state index >= 15 is 0 Å². The lowest BCUT2D eigenvalue weighted by molar-refractivity contribution is 0.0525. The van der Waals surface area contributed by atoms with E-state index in [1.54, 1.807) is 61.5 Å². The predicted molar refractivity (Wildman–Crippen MR) is 115 cm³/mol. The van der Waals surface area contributed by atoms with Crippen molar-refractivity contribution in [2.75, 3.05) is 24.3 Å². The van der Waals surface area contributed by atoms with Crippen molar-refractivity contribution in [3.63, 3.8) is 0 Å². The molecule has 0 unspecified atom stereocenters. The fourth-order valence-corrected chi connectivity index (χ4v) is 3.50. The quantitative estimate of drug-likeness (QED) is 0.495. The van der Waals surface area contributed by atoms with E-state index in [-0.39, 0.29) is 12.5 Å². The highest BCUT2D eigenvalue weighted by molar-refractivity contribution is 6.26. The molecule has 0 spiro atoms. The smallest absolute Gasteiger partial charge is 0.338 e. The van der Waals surface area contributed by atoms with Crippen molar-refractivity contribution in [2.45, 2.75) is 6.92 Å². The fraction of sp³-hybridized carbons (Fsp3) is 0.130. The SMILES string of the molecule is CCOC(=O)c1ccc(NC(=O)Nc2cc3c4c(cccc4c2)C(=O)N(C)C3=O)cc1. The summed E-state index contributed by atoms with van der Waals surface area (Å²) in [5, 5.41) is 6.64. The zero-order valence-corrected chi connectivity index (χ0v) is 16.9. The van der Waals surface area contributed by atoms with Gasteiger partial charge in [0.15, 0.2) is 0 Å². The highest BCUT2D eigenvalue weighted by Crippen LogP contribution is 2.32. The first kappa shape index (κ1) is 20.1. The van der Waals surface area contributed by atoms with Crippen molar-refractivity contribution in [1.82, 2.24) is 4.90 Å². The van der Waals surface area contributed by atoms with Gasteiger partial charge in [-0.3, -0.25) is 14.5 Å². The Bertz CT molecular complexity index is 1230. The van der Waals surface area contributed by atoms with Crippen molar-refractivity contribution in [1.29, 1.82) is 0 Å². The van der Waals surface area contributed by atoms with E-state index in [0.29, 0.717) is 38.8 Å². The molecule has 8 heteroatoms. The number of nitrogens with one attached hydrogen (secondary N) is 2. The van der Waals surface area contributed by atoms with Gasteiger partial charge < -0.3 is 15.4 Å². The summed E-state index contributed by atoms with van der Waals surface area (Å²) in [5.74, 6) is -1.21. The molecule has 0 saturated heterocycles. The summed E-state index contributed by atoms with van der Waals surface area (Å²) < 4.78 is 4.93. The van der Waals surface area contributed by atoms with E-state index in [4.69, 9.17) is 4.74 Å². The summed E-state index contributed by atoms with van der Waals surface area (Å²) in [6, 6.07) is 14.2. The number of urea groups is 1. The van der Waals surface area contributed by atoms with Crippen molar-refractivity contribution < 1.29 is 23.9 Å². The summed E-state index contributed by atoms with van der Waals surface area (Å²) in [6.07, 6.45) is 0. The first-order chi connectivity index (χ1) is 14.9. The Morgan fingerprint density at radius 2 is 1.58 bits per heavy atom. The number of imide groups is 1. The van der Waals surface area contributed by atoms with Crippen LogP contribution in [0.25, 0.3) is 10.8 Å². The molecule has 0 aromatic heterocycles. The van der Waals surface area contributed by atoms with Gasteiger partial charge in [-0.15, -0.1) is 0 Å². The van der Waals surface area contributed by atoms with Crippen LogP contribution in [0.3, 0.4) is 0 Å². The highest BCUT2D eigenvalue weighted by Gasteiger charge is 2.30. The van der Waals surface area contributed by atoms with Gasteiger partial charge in [-0.1, -0.05) is 12.1 Å². The molecular formula is C23H19N3O5. The monoisotopic (exact) mass is 417 g/mol. The normalized spacial score (nSPS) is 12.6. The molecular weight excluding hydrogens is 398 g/mol. The van der Waals surface area contributed by atoms with E-state index in [1.165, 1.54) is 7.05 Å². The van der Waals surface area contributed by atoms with Crippen LogP contribution in [0.5, 0.6) is 0 Å². The van der Waals surface area contributed by atoms with Crippen LogP contribution in [0.4, 0.5) is 16.2 Å². The molecule has 0 radical (unpaired) electrons. The Morgan fingerprint density at radius 3 is 2.29 bits per heavy atom. The third-order valence-electron chi connectivity index (χ3n) is 4.96. The third-order valence-corrected chi connectivity index (χ3v) is 4.96. The van der Waals surface area contributed by atoms with Crippen molar-refractivity contribution in [2.24, 2.45) is 0 Å². The van der Waals surface area contributed by atoms with Gasteiger partial charge >= 0.3 is 12.0 Å². The molecule has 1 heterocycles. The van der Waals surface area contributed by atoms with E-state index in [0.717, 1.165) is 4.90 Å². The summed E-state index contributed by atoms with van der Waals surface area (Å²) >= 11 is 0. The standard InChI is InChI=1S/C23H19N3O5/c1-3-31-22(29)13-7-9-15(10-8-13)24-23(30)25-16-11-14-5-4-6-17-19(14)18(12-16)21(28)26(2)20(17)27/h4-12H,3H2,1-2H3,(H2,24,25,30). The zero-order valence-electron chi connectivity index (χ0n) is 16.9. The van der Waals surface area contributed by atoms with Gasteiger partial charge in [0.2, 0.25) is 0 Å². The molecule has 31 heavy (non-hydrogen) atoms. The van der Waals surface area contributed by atoms with Crippen LogP contribution in [0.1, 0.15) is 38.0 Å². The lowest BCUT2D eigenvalue weighted by atomic mass is 9.94. The second-order valence-electron chi connectivity index (χ2n) is 6.97. The molecule has 3 aromatic rings. The van der Waals surface area contributed by atoms with Crippen LogP contribution in [-0.4, -0.2) is 42.4 Å². The van der Waals surface area contributed by atoms with E-state index in [2.05, 4.69) is 10.6 Å². The van der Waals surface area contributed by atoms with Gasteiger partial charge in [-0.2, -0.15) is 0 Å². The Kier molecular flexibility index (Phi) is 5.12. The maximum atomic E-state index is 12.6. The average molecular weight is 417 g/mol. The van der Waals surface area contributed by atoms with Gasteiger partial charge in [0.1, 0.15) is 0 Å². The molecule has 2 N–H and O–H groups in total. The lowest BCUT2D eigenvalue weighted by Gasteiger charge is -2.24. The Balaban J connectivity index is 1.56. The number of ether oxygens (including phenoxy) is 1. The number of anilines is 2. The zero-order chi connectivity index (χ0) is 22.1. The predicted octanol–water partition coefficient (Wildman–Crippen LogP) is 3.89. The highest BCUT2D eigenvalue weighted by atomic mass is 16.5. The topological polar surface area (TPSA) is 105 Å². The van der Waals surface area contributed by atoms with Crippen molar-refractivity contribution >= 4 is 46.0 Å². The number of esters is 1. The number of amides is 4. The molecule has 3 aromatic carbocycles. The van der Waals surface area contributed by atoms with Crippen LogP contribution in [0.2, 0.25) is 0 Å². The van der Waals surface area contributed by atoms with Gasteiger partial charge in [0.05, 0.1) is 17.7 Å². The molecule has 4 rings (SSSR count). The minimum absolute atomic E-state index is 0.281. The molecule has 0 saturated carbocycles. The molecule has 0 atom stereocenters. The van der Waals surface area contributed by atoms with Crippen LogP contribution < -0.4 is 10.6 Å². The van der Waals surface area contributed by atoms with Gasteiger partial charge in [-0.25, -0.2) is 9.59 Å². The molecule has 156 valence electrons. The molecule has 4 amide bonds. The Labute approximate surface area is 177 Å². The first-order valence-electron chi connectivity index (χ1n) is 9.63. The van der Waals surface area contributed by atoms with E-state index < -0.39 is 17.9 Å². The average Bonchev–Trinajstić information content (AvgIpc) is 2.76. The lowest BCUT2D eigenvalue weighted by Crippen LogP contribution is -2.37. The Hall–Kier alpha value is -4.20. The van der Waals surface area contributed by atoms with Gasteiger partial charge in [0.25, 0.3) is 11.8 Å². The summed E-state index contributed by atoms with van der Waals surface area (Å²) in [7, 11) is 1.43. The number of hydrogen-bond donors (Lipinski definition) is 2.